The number of carboxylic acids is 1. The summed E-state index contributed by atoms with van der Waals surface area (Å²) in [5.41, 5.74) is 4.61. The van der Waals surface area contributed by atoms with Crippen LogP contribution in [0.5, 0.6) is 0 Å². The molecule has 0 bridgehead atoms. The van der Waals surface area contributed by atoms with Gasteiger partial charge in [-0.1, -0.05) is 61.4 Å². The minimum atomic E-state index is -0.807. The molecule has 0 spiro atoms. The Kier molecular flexibility index (Phi) is 6.26. The average molecular weight is 463 g/mol. The van der Waals surface area contributed by atoms with E-state index in [1.54, 1.807) is 4.90 Å². The summed E-state index contributed by atoms with van der Waals surface area (Å²) in [6.07, 6.45) is 3.04. The Hall–Kier alpha value is -3.35. The minimum Gasteiger partial charge on any atom is -0.481 e. The highest BCUT2D eigenvalue weighted by molar-refractivity contribution is 5.86. The van der Waals surface area contributed by atoms with Crippen molar-refractivity contribution in [2.45, 2.75) is 44.1 Å². The van der Waals surface area contributed by atoms with Gasteiger partial charge in [0.1, 0.15) is 12.6 Å². The van der Waals surface area contributed by atoms with Crippen LogP contribution in [-0.4, -0.2) is 53.7 Å². The van der Waals surface area contributed by atoms with Crippen LogP contribution in [0.4, 0.5) is 4.79 Å². The highest BCUT2D eigenvalue weighted by atomic mass is 16.5. The van der Waals surface area contributed by atoms with Gasteiger partial charge in [0.25, 0.3) is 0 Å². The first-order chi connectivity index (χ1) is 16.5. The third kappa shape index (κ3) is 4.65. The third-order valence-electron chi connectivity index (χ3n) is 7.36. The molecule has 2 fully saturated rings. The summed E-state index contributed by atoms with van der Waals surface area (Å²) in [4.78, 5) is 38.9. The topological polar surface area (TPSA) is 95.9 Å². The predicted octanol–water partition coefficient (Wildman–Crippen LogP) is 4.02. The Morgan fingerprint density at radius 3 is 2.09 bits per heavy atom. The number of carbonyl (C=O) groups is 3. The van der Waals surface area contributed by atoms with Crippen molar-refractivity contribution in [3.05, 3.63) is 59.7 Å². The van der Waals surface area contributed by atoms with Gasteiger partial charge in [0.05, 0.1) is 5.92 Å². The number of fused-ring (bicyclic) bond motifs is 3. The molecule has 1 atom stereocenters. The van der Waals surface area contributed by atoms with E-state index in [0.29, 0.717) is 38.3 Å². The number of hydrogen-bond acceptors (Lipinski definition) is 4. The van der Waals surface area contributed by atoms with Crippen molar-refractivity contribution in [1.82, 2.24) is 10.2 Å². The fourth-order valence-electron chi connectivity index (χ4n) is 5.26. The van der Waals surface area contributed by atoms with Gasteiger partial charge in [-0.25, -0.2) is 4.79 Å². The van der Waals surface area contributed by atoms with Crippen LogP contribution in [0.2, 0.25) is 0 Å². The molecule has 0 radical (unpaired) electrons. The molecule has 2 amide bonds. The molecule has 7 nitrogen and oxygen atoms in total. The summed E-state index contributed by atoms with van der Waals surface area (Å²) < 4.78 is 5.66. The maximum Gasteiger partial charge on any atom is 0.407 e. The lowest BCUT2D eigenvalue weighted by Gasteiger charge is -2.33. The molecule has 2 aliphatic carbocycles. The van der Waals surface area contributed by atoms with E-state index < -0.39 is 24.0 Å². The Bertz CT molecular complexity index is 1040. The van der Waals surface area contributed by atoms with Crippen LogP contribution in [-0.2, 0) is 14.3 Å². The number of alkyl carbamates (subject to hydrolysis) is 1. The number of ether oxygens (including phenoxy) is 1. The van der Waals surface area contributed by atoms with E-state index in [1.165, 1.54) is 11.1 Å². The van der Waals surface area contributed by atoms with Gasteiger partial charge >= 0.3 is 12.1 Å². The Morgan fingerprint density at radius 1 is 0.941 bits per heavy atom. The molecular weight excluding hydrogens is 432 g/mol. The predicted molar refractivity (Wildman–Crippen MR) is 126 cm³/mol. The first-order valence-corrected chi connectivity index (χ1v) is 12.1. The summed E-state index contributed by atoms with van der Waals surface area (Å²) in [6, 6.07) is 15.7. The normalized spacial score (nSPS) is 18.6. The molecule has 2 N–H and O–H groups in total. The maximum absolute atomic E-state index is 13.2. The largest absolute Gasteiger partial charge is 0.481 e. The molecule has 0 aromatic heterocycles. The monoisotopic (exact) mass is 462 g/mol. The summed E-state index contributed by atoms with van der Waals surface area (Å²) in [5, 5.41) is 12.0. The van der Waals surface area contributed by atoms with Gasteiger partial charge in [0.15, 0.2) is 0 Å². The van der Waals surface area contributed by atoms with E-state index in [-0.39, 0.29) is 18.4 Å². The lowest BCUT2D eigenvalue weighted by Crippen LogP contribution is -2.51. The SMILES string of the molecule is O=C(NC(CC1CC1)C(=O)N1CCC(C(=O)O)CC1)OCC1c2ccccc2-c2ccccc21. The number of nitrogens with zero attached hydrogens (tertiary/aromatic N) is 1. The Morgan fingerprint density at radius 2 is 1.53 bits per heavy atom. The van der Waals surface area contributed by atoms with E-state index in [0.717, 1.165) is 24.0 Å². The number of aliphatic carboxylic acids is 1. The molecule has 2 aromatic carbocycles. The van der Waals surface area contributed by atoms with Gasteiger partial charge < -0.3 is 20.1 Å². The number of carboxylic acid groups (broad SMARTS) is 1. The van der Waals surface area contributed by atoms with Crippen molar-refractivity contribution in [3.8, 4) is 11.1 Å². The highest BCUT2D eigenvalue weighted by Gasteiger charge is 2.36. The van der Waals surface area contributed by atoms with Gasteiger partial charge in [-0.2, -0.15) is 0 Å². The molecule has 1 saturated carbocycles. The average Bonchev–Trinajstić information content (AvgIpc) is 3.62. The van der Waals surface area contributed by atoms with E-state index in [4.69, 9.17) is 4.74 Å². The van der Waals surface area contributed by atoms with Crippen molar-refractivity contribution in [1.29, 1.82) is 0 Å². The number of likely N-dealkylation sites (tertiary alicyclic amines) is 1. The van der Waals surface area contributed by atoms with Gasteiger partial charge in [0, 0.05) is 19.0 Å². The van der Waals surface area contributed by atoms with Crippen LogP contribution in [0.3, 0.4) is 0 Å². The van der Waals surface area contributed by atoms with E-state index in [9.17, 15) is 19.5 Å². The van der Waals surface area contributed by atoms with E-state index in [1.807, 2.05) is 24.3 Å². The Balaban J connectivity index is 1.22. The lowest BCUT2D eigenvalue weighted by molar-refractivity contribution is -0.146. The molecule has 7 heteroatoms. The molecule has 1 aliphatic heterocycles. The zero-order valence-corrected chi connectivity index (χ0v) is 19.1. The minimum absolute atomic E-state index is 0.0363. The molecule has 34 heavy (non-hydrogen) atoms. The summed E-state index contributed by atoms with van der Waals surface area (Å²) in [7, 11) is 0. The standard InChI is InChI=1S/C27H30N2O5/c30-25(29-13-11-18(12-14-29)26(31)32)24(15-17-9-10-17)28-27(33)34-16-23-21-7-3-1-5-19(21)20-6-2-4-8-22(20)23/h1-8,17-18,23-24H,9-16H2,(H,28,33)(H,31,32). The number of hydrogen-bond donors (Lipinski definition) is 2. The van der Waals surface area contributed by atoms with Gasteiger partial charge in [-0.15, -0.1) is 0 Å². The van der Waals surface area contributed by atoms with Crippen molar-refractivity contribution in [2.24, 2.45) is 11.8 Å². The number of nitrogens with one attached hydrogen (secondary N) is 1. The molecule has 1 unspecified atom stereocenters. The first kappa shape index (κ1) is 22.4. The molecule has 1 heterocycles. The molecular formula is C27H30N2O5. The van der Waals surface area contributed by atoms with Crippen LogP contribution in [0.15, 0.2) is 48.5 Å². The molecule has 178 valence electrons. The summed E-state index contributed by atoms with van der Waals surface area (Å²) in [5.74, 6) is -0.936. The van der Waals surface area contributed by atoms with Crippen LogP contribution in [0.25, 0.3) is 11.1 Å². The smallest absolute Gasteiger partial charge is 0.407 e. The van der Waals surface area contributed by atoms with Crippen LogP contribution in [0.1, 0.15) is 49.1 Å². The van der Waals surface area contributed by atoms with E-state index in [2.05, 4.69) is 29.6 Å². The quantitative estimate of drug-likeness (QED) is 0.648. The van der Waals surface area contributed by atoms with Gasteiger partial charge in [-0.3, -0.25) is 9.59 Å². The maximum atomic E-state index is 13.2. The van der Waals surface area contributed by atoms with Crippen molar-refractivity contribution >= 4 is 18.0 Å². The van der Waals surface area contributed by atoms with E-state index >= 15 is 0 Å². The highest BCUT2D eigenvalue weighted by Crippen LogP contribution is 2.44. The number of rotatable bonds is 7. The number of piperidine rings is 1. The lowest BCUT2D eigenvalue weighted by atomic mass is 9.96. The second-order valence-electron chi connectivity index (χ2n) is 9.64. The molecule has 1 saturated heterocycles. The second kappa shape index (κ2) is 9.49. The summed E-state index contributed by atoms with van der Waals surface area (Å²) in [6.45, 7) is 1.01. The van der Waals surface area contributed by atoms with Crippen LogP contribution in [0, 0.1) is 11.8 Å². The van der Waals surface area contributed by atoms with Crippen LogP contribution >= 0.6 is 0 Å². The number of amides is 2. The summed E-state index contributed by atoms with van der Waals surface area (Å²) >= 11 is 0. The number of benzene rings is 2. The zero-order chi connectivity index (χ0) is 23.7. The van der Waals surface area contributed by atoms with Gasteiger partial charge in [-0.05, 0) is 47.4 Å². The van der Waals surface area contributed by atoms with Crippen molar-refractivity contribution in [2.75, 3.05) is 19.7 Å². The first-order valence-electron chi connectivity index (χ1n) is 12.1. The fraction of sp³-hybridized carbons (Fsp3) is 0.444. The zero-order valence-electron chi connectivity index (χ0n) is 19.1. The van der Waals surface area contributed by atoms with Crippen LogP contribution < -0.4 is 5.32 Å². The van der Waals surface area contributed by atoms with Crippen molar-refractivity contribution < 1.29 is 24.2 Å². The second-order valence-corrected chi connectivity index (χ2v) is 9.64. The van der Waals surface area contributed by atoms with Crippen molar-refractivity contribution in [3.63, 3.8) is 0 Å². The third-order valence-corrected chi connectivity index (χ3v) is 7.36. The molecule has 5 rings (SSSR count). The molecule has 2 aromatic rings. The Labute approximate surface area is 199 Å². The molecule has 3 aliphatic rings. The number of carbonyl (C=O) groups excluding carboxylic acids is 2. The fourth-order valence-corrected chi connectivity index (χ4v) is 5.26. The van der Waals surface area contributed by atoms with Gasteiger partial charge in [0.2, 0.25) is 5.91 Å².